The second-order valence-corrected chi connectivity index (χ2v) is 4.68. The third-order valence-corrected chi connectivity index (χ3v) is 2.82. The lowest BCUT2D eigenvalue weighted by molar-refractivity contribution is -0.130. The van der Waals surface area contributed by atoms with E-state index >= 15 is 0 Å². The molecule has 84 valence electrons. The molecule has 0 bridgehead atoms. The summed E-state index contributed by atoms with van der Waals surface area (Å²) in [6, 6.07) is 0. The van der Waals surface area contributed by atoms with Crippen molar-refractivity contribution in [3.8, 4) is 0 Å². The van der Waals surface area contributed by atoms with Gasteiger partial charge in [-0.25, -0.2) is 4.79 Å². The van der Waals surface area contributed by atoms with Gasteiger partial charge in [0, 0.05) is 6.54 Å². The quantitative estimate of drug-likeness (QED) is 0.631. The SMILES string of the molecule is CC(C)(C)[C@]1(C(N)=O)C=CCN1C(=O)O. The summed E-state index contributed by atoms with van der Waals surface area (Å²) >= 11 is 0. The van der Waals surface area contributed by atoms with Gasteiger partial charge in [0.05, 0.1) is 0 Å². The fourth-order valence-electron chi connectivity index (χ4n) is 2.03. The van der Waals surface area contributed by atoms with Crippen LogP contribution in [0.1, 0.15) is 20.8 Å². The predicted octanol–water partition coefficient (Wildman–Crippen LogP) is 0.806. The first-order chi connectivity index (χ1) is 6.73. The Morgan fingerprint density at radius 1 is 1.47 bits per heavy atom. The number of carboxylic acid groups (broad SMARTS) is 1. The van der Waals surface area contributed by atoms with Gasteiger partial charge < -0.3 is 10.8 Å². The molecule has 0 aliphatic carbocycles. The monoisotopic (exact) mass is 212 g/mol. The van der Waals surface area contributed by atoms with Gasteiger partial charge in [0.1, 0.15) is 5.54 Å². The predicted molar refractivity (Wildman–Crippen MR) is 55.3 cm³/mol. The maximum absolute atomic E-state index is 11.6. The molecule has 1 heterocycles. The van der Waals surface area contributed by atoms with Crippen molar-refractivity contribution in [3.05, 3.63) is 12.2 Å². The van der Waals surface area contributed by atoms with Crippen LogP contribution in [0.2, 0.25) is 0 Å². The molecule has 0 saturated heterocycles. The van der Waals surface area contributed by atoms with Crippen molar-refractivity contribution in [1.29, 1.82) is 0 Å². The van der Waals surface area contributed by atoms with E-state index in [4.69, 9.17) is 10.8 Å². The zero-order valence-electron chi connectivity index (χ0n) is 9.15. The maximum atomic E-state index is 11.6. The Morgan fingerprint density at radius 3 is 2.27 bits per heavy atom. The van der Waals surface area contributed by atoms with Crippen molar-refractivity contribution in [3.63, 3.8) is 0 Å². The molecule has 0 spiro atoms. The Bertz CT molecular complexity index is 330. The van der Waals surface area contributed by atoms with Gasteiger partial charge in [0.25, 0.3) is 0 Å². The summed E-state index contributed by atoms with van der Waals surface area (Å²) < 4.78 is 0. The van der Waals surface area contributed by atoms with Crippen molar-refractivity contribution >= 4 is 12.0 Å². The van der Waals surface area contributed by atoms with Crippen LogP contribution in [0.3, 0.4) is 0 Å². The first kappa shape index (κ1) is 11.6. The minimum Gasteiger partial charge on any atom is -0.465 e. The molecule has 15 heavy (non-hydrogen) atoms. The zero-order valence-corrected chi connectivity index (χ0v) is 9.15. The van der Waals surface area contributed by atoms with Crippen LogP contribution in [0.25, 0.3) is 0 Å². The summed E-state index contributed by atoms with van der Waals surface area (Å²) in [5.41, 5.74) is 3.55. The van der Waals surface area contributed by atoms with E-state index in [2.05, 4.69) is 0 Å². The van der Waals surface area contributed by atoms with Gasteiger partial charge in [-0.3, -0.25) is 9.69 Å². The van der Waals surface area contributed by atoms with Gasteiger partial charge in [-0.15, -0.1) is 0 Å². The van der Waals surface area contributed by atoms with Crippen molar-refractivity contribution in [2.24, 2.45) is 11.1 Å². The third-order valence-electron chi connectivity index (χ3n) is 2.82. The number of carbonyl (C=O) groups is 2. The maximum Gasteiger partial charge on any atom is 0.408 e. The lowest BCUT2D eigenvalue weighted by Crippen LogP contribution is -2.62. The van der Waals surface area contributed by atoms with Crippen LogP contribution in [-0.2, 0) is 4.79 Å². The average molecular weight is 212 g/mol. The van der Waals surface area contributed by atoms with Crippen molar-refractivity contribution in [2.45, 2.75) is 26.3 Å². The van der Waals surface area contributed by atoms with Gasteiger partial charge >= 0.3 is 6.09 Å². The van der Waals surface area contributed by atoms with E-state index in [1.54, 1.807) is 32.9 Å². The average Bonchev–Trinajstić information content (AvgIpc) is 2.45. The number of carbonyl (C=O) groups excluding carboxylic acids is 1. The highest BCUT2D eigenvalue weighted by Gasteiger charge is 2.53. The fraction of sp³-hybridized carbons (Fsp3) is 0.600. The lowest BCUT2D eigenvalue weighted by Gasteiger charge is -2.43. The molecule has 1 aliphatic rings. The molecular weight excluding hydrogens is 196 g/mol. The smallest absolute Gasteiger partial charge is 0.408 e. The van der Waals surface area contributed by atoms with Crippen LogP contribution in [0, 0.1) is 5.41 Å². The fourth-order valence-corrected chi connectivity index (χ4v) is 2.03. The molecule has 1 aliphatic heterocycles. The number of primary amides is 1. The summed E-state index contributed by atoms with van der Waals surface area (Å²) in [6.45, 7) is 5.59. The molecule has 0 aromatic rings. The second kappa shape index (κ2) is 3.25. The number of hydrogen-bond acceptors (Lipinski definition) is 2. The van der Waals surface area contributed by atoms with Crippen LogP contribution >= 0.6 is 0 Å². The highest BCUT2D eigenvalue weighted by molar-refractivity contribution is 5.92. The van der Waals surface area contributed by atoms with E-state index in [1.165, 1.54) is 0 Å². The van der Waals surface area contributed by atoms with E-state index in [0.717, 1.165) is 4.90 Å². The normalized spacial score (nSPS) is 25.7. The number of amides is 2. The highest BCUT2D eigenvalue weighted by atomic mass is 16.4. The molecule has 2 amide bonds. The highest BCUT2D eigenvalue weighted by Crippen LogP contribution is 2.39. The van der Waals surface area contributed by atoms with E-state index < -0.39 is 23.0 Å². The summed E-state index contributed by atoms with van der Waals surface area (Å²) in [6.07, 6.45) is 2.11. The molecule has 0 unspecified atom stereocenters. The van der Waals surface area contributed by atoms with Gasteiger partial charge in [-0.05, 0) is 5.41 Å². The minimum atomic E-state index is -1.24. The topological polar surface area (TPSA) is 83.6 Å². The Morgan fingerprint density at radius 2 is 2.00 bits per heavy atom. The standard InChI is InChI=1S/C10H16N2O3/c1-9(2,3)10(7(11)13)5-4-6-12(10)8(14)15/h4-5H,6H2,1-3H3,(H2,11,13)(H,14,15)/t10-/m1/s1. The number of rotatable bonds is 1. The first-order valence-electron chi connectivity index (χ1n) is 4.71. The first-order valence-corrected chi connectivity index (χ1v) is 4.71. The molecule has 3 N–H and O–H groups in total. The molecule has 0 fully saturated rings. The summed E-state index contributed by atoms with van der Waals surface area (Å²) in [5, 5.41) is 9.04. The van der Waals surface area contributed by atoms with E-state index in [-0.39, 0.29) is 6.54 Å². The van der Waals surface area contributed by atoms with Gasteiger partial charge in [0.15, 0.2) is 0 Å². The molecule has 0 aromatic heterocycles. The summed E-state index contributed by atoms with van der Waals surface area (Å²) in [4.78, 5) is 23.7. The Balaban J connectivity index is 3.28. The van der Waals surface area contributed by atoms with Gasteiger partial charge in [-0.1, -0.05) is 32.9 Å². The molecule has 5 nitrogen and oxygen atoms in total. The number of hydrogen-bond donors (Lipinski definition) is 2. The zero-order chi connectivity index (χ0) is 11.9. The molecule has 0 aromatic carbocycles. The van der Waals surface area contributed by atoms with Crippen LogP contribution in [0.4, 0.5) is 4.79 Å². The molecule has 1 atom stereocenters. The molecule has 0 radical (unpaired) electrons. The minimum absolute atomic E-state index is 0.204. The van der Waals surface area contributed by atoms with Crippen LogP contribution in [-0.4, -0.2) is 34.1 Å². The lowest BCUT2D eigenvalue weighted by atomic mass is 9.73. The third kappa shape index (κ3) is 1.48. The molecule has 0 saturated carbocycles. The number of nitrogens with two attached hydrogens (primary N) is 1. The Labute approximate surface area is 88.5 Å². The summed E-state index contributed by atoms with van der Waals surface area (Å²) in [5.74, 6) is -0.633. The summed E-state index contributed by atoms with van der Waals surface area (Å²) in [7, 11) is 0. The van der Waals surface area contributed by atoms with E-state index in [1.807, 2.05) is 0 Å². The van der Waals surface area contributed by atoms with Crippen LogP contribution in [0.15, 0.2) is 12.2 Å². The van der Waals surface area contributed by atoms with E-state index in [9.17, 15) is 9.59 Å². The van der Waals surface area contributed by atoms with Gasteiger partial charge in [0.2, 0.25) is 5.91 Å². The van der Waals surface area contributed by atoms with Crippen molar-refractivity contribution in [1.82, 2.24) is 4.90 Å². The van der Waals surface area contributed by atoms with Crippen LogP contribution < -0.4 is 5.73 Å². The van der Waals surface area contributed by atoms with Crippen molar-refractivity contribution in [2.75, 3.05) is 6.54 Å². The largest absolute Gasteiger partial charge is 0.465 e. The van der Waals surface area contributed by atoms with E-state index in [0.29, 0.717) is 0 Å². The molecule has 5 heteroatoms. The van der Waals surface area contributed by atoms with Gasteiger partial charge in [-0.2, -0.15) is 0 Å². The molecule has 1 rings (SSSR count). The Hall–Kier alpha value is -1.52. The second-order valence-electron chi connectivity index (χ2n) is 4.68. The Kier molecular flexibility index (Phi) is 2.51. The van der Waals surface area contributed by atoms with Crippen LogP contribution in [0.5, 0.6) is 0 Å². The number of nitrogens with zero attached hydrogens (tertiary/aromatic N) is 1. The van der Waals surface area contributed by atoms with Crippen molar-refractivity contribution < 1.29 is 14.7 Å². The molecular formula is C10H16N2O3.